The fourth-order valence-electron chi connectivity index (χ4n) is 1.23. The number of hydrogen-bond donors (Lipinski definition) is 2. The van der Waals surface area contributed by atoms with Crippen molar-refractivity contribution in [3.05, 3.63) is 30.5 Å². The number of rotatable bonds is 4. The first kappa shape index (κ1) is 13.3. The largest absolute Gasteiger partial charge is 0.375 e. The Balaban J connectivity index is 2.10. The van der Waals surface area contributed by atoms with Gasteiger partial charge in [-0.15, -0.1) is 0 Å². The van der Waals surface area contributed by atoms with Gasteiger partial charge in [-0.1, -0.05) is 23.5 Å². The predicted octanol–water partition coefficient (Wildman–Crippen LogP) is 1.95. The Morgan fingerprint density at radius 1 is 1.33 bits per heavy atom. The van der Waals surface area contributed by atoms with Gasteiger partial charge in [-0.3, -0.25) is 0 Å². The molecule has 0 aliphatic rings. The van der Waals surface area contributed by atoms with Gasteiger partial charge in [0.1, 0.15) is 0 Å². The molecule has 0 aliphatic heterocycles. The highest BCUT2D eigenvalue weighted by Gasteiger charge is 2.04. The summed E-state index contributed by atoms with van der Waals surface area (Å²) in [7, 11) is -3.19. The predicted molar refractivity (Wildman–Crippen MR) is 75.8 cm³/mol. The van der Waals surface area contributed by atoms with E-state index in [1.165, 1.54) is 11.3 Å². The summed E-state index contributed by atoms with van der Waals surface area (Å²) in [6.07, 6.45) is 2.84. The molecule has 0 atom stereocenters. The van der Waals surface area contributed by atoms with Crippen LogP contribution in [0.15, 0.2) is 35.4 Å². The van der Waals surface area contributed by atoms with Crippen LogP contribution in [0.3, 0.4) is 0 Å². The van der Waals surface area contributed by atoms with Crippen LogP contribution in [0.1, 0.15) is 0 Å². The van der Waals surface area contributed by atoms with Crippen LogP contribution >= 0.6 is 23.3 Å². The summed E-state index contributed by atoms with van der Waals surface area (Å²) < 4.78 is 24.2. The van der Waals surface area contributed by atoms with E-state index in [-0.39, 0.29) is 0 Å². The number of nitrogens with zero attached hydrogens (tertiary/aromatic N) is 1. The van der Waals surface area contributed by atoms with E-state index < -0.39 is 10.0 Å². The molecule has 8 heteroatoms. The Bertz CT molecular complexity index is 635. The number of aromatic nitrogens is 1. The lowest BCUT2D eigenvalue weighted by Crippen LogP contribution is -2.13. The zero-order valence-corrected chi connectivity index (χ0v) is 11.9. The lowest BCUT2D eigenvalue weighted by atomic mass is 10.2. The summed E-state index contributed by atoms with van der Waals surface area (Å²) in [5.41, 5.74) is 6.58. The molecule has 0 saturated heterocycles. The van der Waals surface area contributed by atoms with Gasteiger partial charge < -0.3 is 5.73 Å². The molecule has 5 nitrogen and oxygen atoms in total. The molecule has 0 amide bonds. The van der Waals surface area contributed by atoms with E-state index in [0.29, 0.717) is 5.13 Å². The Morgan fingerprint density at radius 3 is 2.50 bits per heavy atom. The number of nitrogens with two attached hydrogens (primary N) is 1. The number of nitrogen functional groups attached to an aromatic ring is 1. The summed E-state index contributed by atoms with van der Waals surface area (Å²) in [4.78, 5) is 5.79. The van der Waals surface area contributed by atoms with Crippen molar-refractivity contribution in [3.63, 3.8) is 0 Å². The van der Waals surface area contributed by atoms with E-state index >= 15 is 0 Å². The molecule has 0 bridgehead atoms. The van der Waals surface area contributed by atoms with Crippen molar-refractivity contribution in [2.45, 2.75) is 4.90 Å². The van der Waals surface area contributed by atoms with Gasteiger partial charge in [0.05, 0.1) is 11.1 Å². The van der Waals surface area contributed by atoms with Crippen LogP contribution in [-0.2, 0) is 10.0 Å². The molecular weight excluding hydrogens is 290 g/mol. The van der Waals surface area contributed by atoms with Crippen LogP contribution < -0.4 is 9.86 Å². The van der Waals surface area contributed by atoms with Gasteiger partial charge in [0.2, 0.25) is 10.0 Å². The average molecular weight is 301 g/mol. The van der Waals surface area contributed by atoms with Crippen molar-refractivity contribution >= 4 is 38.4 Å². The van der Waals surface area contributed by atoms with Crippen molar-refractivity contribution in [2.75, 3.05) is 12.0 Å². The van der Waals surface area contributed by atoms with E-state index in [1.807, 2.05) is 24.3 Å². The summed E-state index contributed by atoms with van der Waals surface area (Å²) in [6, 6.07) is 7.49. The smallest absolute Gasteiger partial charge is 0.218 e. The third-order valence-corrected chi connectivity index (χ3v) is 4.90. The van der Waals surface area contributed by atoms with Gasteiger partial charge in [0, 0.05) is 11.1 Å². The maximum Gasteiger partial charge on any atom is 0.218 e. The molecule has 0 radical (unpaired) electrons. The molecule has 18 heavy (non-hydrogen) atoms. The van der Waals surface area contributed by atoms with Gasteiger partial charge in [-0.25, -0.2) is 13.4 Å². The molecular formula is C10H11N3O2S3. The highest BCUT2D eigenvalue weighted by molar-refractivity contribution is 8.09. The maximum atomic E-state index is 10.9. The zero-order chi connectivity index (χ0) is 13.2. The third kappa shape index (κ3) is 3.70. The molecule has 0 aliphatic carbocycles. The zero-order valence-electron chi connectivity index (χ0n) is 9.45. The number of anilines is 1. The minimum Gasteiger partial charge on any atom is -0.375 e. The molecule has 2 rings (SSSR count). The van der Waals surface area contributed by atoms with Crippen molar-refractivity contribution in [3.8, 4) is 10.4 Å². The molecule has 1 heterocycles. The van der Waals surface area contributed by atoms with E-state index in [9.17, 15) is 8.42 Å². The van der Waals surface area contributed by atoms with Crippen LogP contribution in [0.2, 0.25) is 0 Å². The Hall–Kier alpha value is -1.09. The lowest BCUT2D eigenvalue weighted by Gasteiger charge is -2.02. The number of hydrogen-bond acceptors (Lipinski definition) is 6. The Morgan fingerprint density at radius 2 is 2.00 bits per heavy atom. The first-order valence-corrected chi connectivity index (χ1v) is 8.42. The molecule has 3 N–H and O–H groups in total. The van der Waals surface area contributed by atoms with Crippen molar-refractivity contribution in [1.29, 1.82) is 0 Å². The van der Waals surface area contributed by atoms with Crippen molar-refractivity contribution in [1.82, 2.24) is 9.11 Å². The topological polar surface area (TPSA) is 85.1 Å². The summed E-state index contributed by atoms with van der Waals surface area (Å²) in [6.45, 7) is 0. The summed E-state index contributed by atoms with van der Waals surface area (Å²) >= 11 is 2.47. The normalized spacial score (nSPS) is 11.6. The van der Waals surface area contributed by atoms with E-state index in [4.69, 9.17) is 5.73 Å². The number of thiazole rings is 1. The van der Waals surface area contributed by atoms with Crippen molar-refractivity contribution in [2.24, 2.45) is 0 Å². The van der Waals surface area contributed by atoms with Gasteiger partial charge >= 0.3 is 0 Å². The number of sulfonamides is 1. The molecule has 1 aromatic heterocycles. The number of benzene rings is 1. The molecule has 1 aromatic carbocycles. The average Bonchev–Trinajstić information content (AvgIpc) is 2.73. The number of nitrogens with one attached hydrogen (secondary N) is 1. The summed E-state index contributed by atoms with van der Waals surface area (Å²) in [5.74, 6) is 0. The first-order chi connectivity index (χ1) is 8.44. The SMILES string of the molecule is CS(=O)(=O)NSc1ccc(-c2cnc(N)s2)cc1. The van der Waals surface area contributed by atoms with Crippen LogP contribution in [0.5, 0.6) is 0 Å². The second-order valence-electron chi connectivity index (χ2n) is 3.54. The van der Waals surface area contributed by atoms with Crippen LogP contribution in [0.4, 0.5) is 5.13 Å². The molecule has 0 fully saturated rings. The van der Waals surface area contributed by atoms with Crippen LogP contribution in [0.25, 0.3) is 10.4 Å². The monoisotopic (exact) mass is 301 g/mol. The third-order valence-electron chi connectivity index (χ3n) is 1.97. The minimum atomic E-state index is -3.19. The summed E-state index contributed by atoms with van der Waals surface area (Å²) in [5, 5.41) is 0.530. The molecule has 96 valence electrons. The van der Waals surface area contributed by atoms with Crippen LogP contribution in [-0.4, -0.2) is 19.7 Å². The minimum absolute atomic E-state index is 0.530. The second-order valence-corrected chi connectivity index (χ2v) is 7.49. The van der Waals surface area contributed by atoms with Gasteiger partial charge in [0.25, 0.3) is 0 Å². The highest BCUT2D eigenvalue weighted by atomic mass is 32.3. The quantitative estimate of drug-likeness (QED) is 0.843. The van der Waals surface area contributed by atoms with E-state index in [2.05, 4.69) is 9.11 Å². The molecule has 0 spiro atoms. The van der Waals surface area contributed by atoms with E-state index in [1.54, 1.807) is 6.20 Å². The van der Waals surface area contributed by atoms with Crippen LogP contribution in [0, 0.1) is 0 Å². The Labute approximate surface area is 114 Å². The van der Waals surface area contributed by atoms with Gasteiger partial charge in [-0.2, -0.15) is 4.13 Å². The molecule has 0 saturated carbocycles. The lowest BCUT2D eigenvalue weighted by molar-refractivity contribution is 0.600. The van der Waals surface area contributed by atoms with E-state index in [0.717, 1.165) is 33.5 Å². The standard InChI is InChI=1S/C10H11N3O2S3/c1-18(14,15)13-17-8-4-2-7(3-5-8)9-6-12-10(11)16-9/h2-6,13H,1H3,(H2,11,12). The van der Waals surface area contributed by atoms with Gasteiger partial charge in [-0.05, 0) is 29.6 Å². The van der Waals surface area contributed by atoms with Crippen molar-refractivity contribution < 1.29 is 8.42 Å². The molecule has 2 aromatic rings. The fourth-order valence-corrected chi connectivity index (χ4v) is 3.18. The van der Waals surface area contributed by atoms with Gasteiger partial charge in [0.15, 0.2) is 5.13 Å². The fraction of sp³-hybridized carbons (Fsp3) is 0.100. The second kappa shape index (κ2) is 5.27. The highest BCUT2D eigenvalue weighted by Crippen LogP contribution is 2.28. The Kier molecular flexibility index (Phi) is 3.91. The first-order valence-electron chi connectivity index (χ1n) is 4.89. The molecule has 0 unspecified atom stereocenters. The maximum absolute atomic E-state index is 10.9.